The molecule has 28 heavy (non-hydrogen) atoms. The van der Waals surface area contributed by atoms with Crippen LogP contribution in [0.1, 0.15) is 21.6 Å². The van der Waals surface area contributed by atoms with Crippen molar-refractivity contribution in [2.45, 2.75) is 13.5 Å². The molecule has 0 saturated carbocycles. The summed E-state index contributed by atoms with van der Waals surface area (Å²) in [6.45, 7) is 5.96. The van der Waals surface area contributed by atoms with Crippen LogP contribution in [0.25, 0.3) is 5.82 Å². The molecule has 3 heterocycles. The van der Waals surface area contributed by atoms with Gasteiger partial charge in [0, 0.05) is 31.5 Å². The Hall–Kier alpha value is -3.03. The van der Waals surface area contributed by atoms with Crippen LogP contribution < -0.4 is 5.32 Å². The van der Waals surface area contributed by atoms with Crippen LogP contribution in [0, 0.1) is 6.92 Å². The van der Waals surface area contributed by atoms with Gasteiger partial charge >= 0.3 is 0 Å². The van der Waals surface area contributed by atoms with Gasteiger partial charge in [0.15, 0.2) is 5.82 Å². The van der Waals surface area contributed by atoms with E-state index in [1.165, 1.54) is 0 Å². The fourth-order valence-corrected chi connectivity index (χ4v) is 3.31. The van der Waals surface area contributed by atoms with E-state index in [9.17, 15) is 4.79 Å². The lowest BCUT2D eigenvalue weighted by atomic mass is 10.1. The van der Waals surface area contributed by atoms with Gasteiger partial charge in [-0.3, -0.25) is 9.69 Å². The predicted molar refractivity (Wildman–Crippen MR) is 107 cm³/mol. The van der Waals surface area contributed by atoms with Crippen LogP contribution in [0.2, 0.25) is 0 Å². The third kappa shape index (κ3) is 3.95. The molecule has 1 aliphatic rings. The van der Waals surface area contributed by atoms with Crippen LogP contribution in [-0.4, -0.2) is 51.9 Å². The van der Waals surface area contributed by atoms with E-state index in [0.29, 0.717) is 11.4 Å². The number of rotatable bonds is 5. The van der Waals surface area contributed by atoms with Crippen LogP contribution in [0.3, 0.4) is 0 Å². The van der Waals surface area contributed by atoms with Gasteiger partial charge in [-0.05, 0) is 30.7 Å². The Morgan fingerprint density at radius 3 is 2.71 bits per heavy atom. The summed E-state index contributed by atoms with van der Waals surface area (Å²) in [5.41, 5.74) is 3.20. The van der Waals surface area contributed by atoms with Crippen LogP contribution in [0.15, 0.2) is 54.9 Å². The van der Waals surface area contributed by atoms with E-state index in [0.717, 1.165) is 49.8 Å². The highest BCUT2D eigenvalue weighted by Crippen LogP contribution is 2.20. The summed E-state index contributed by atoms with van der Waals surface area (Å²) in [5, 5.41) is 7.39. The average molecular weight is 377 g/mol. The largest absolute Gasteiger partial charge is 0.379 e. The number of ether oxygens (including phenoxy) is 1. The number of pyridine rings is 1. The minimum atomic E-state index is -0.172. The Kier molecular flexibility index (Phi) is 5.45. The fraction of sp³-hybridized carbons (Fsp3) is 0.286. The third-order valence-electron chi connectivity index (χ3n) is 4.88. The van der Waals surface area contributed by atoms with Gasteiger partial charge < -0.3 is 10.1 Å². The first-order valence-corrected chi connectivity index (χ1v) is 9.38. The van der Waals surface area contributed by atoms with E-state index in [-0.39, 0.29) is 5.91 Å². The molecule has 2 aromatic heterocycles. The molecule has 0 atom stereocenters. The molecule has 144 valence electrons. The zero-order chi connectivity index (χ0) is 19.3. The first-order chi connectivity index (χ1) is 13.7. The molecule has 4 rings (SSSR count). The maximum absolute atomic E-state index is 12.9. The quantitative estimate of drug-likeness (QED) is 0.740. The van der Waals surface area contributed by atoms with Crippen molar-refractivity contribution in [3.8, 4) is 5.82 Å². The number of hydrogen-bond donors (Lipinski definition) is 1. The molecule has 0 aliphatic carbocycles. The third-order valence-corrected chi connectivity index (χ3v) is 4.88. The van der Waals surface area contributed by atoms with E-state index in [1.807, 2.05) is 43.3 Å². The predicted octanol–water partition coefficient (Wildman–Crippen LogP) is 2.66. The number of nitrogens with zero attached hydrogens (tertiary/aromatic N) is 4. The lowest BCUT2D eigenvalue weighted by Gasteiger charge is -2.27. The molecule has 0 unspecified atom stereocenters. The number of amides is 1. The molecule has 7 nitrogen and oxygen atoms in total. The number of para-hydroxylation sites is 1. The molecule has 7 heteroatoms. The smallest absolute Gasteiger partial charge is 0.259 e. The van der Waals surface area contributed by atoms with Crippen LogP contribution in [0.5, 0.6) is 0 Å². The van der Waals surface area contributed by atoms with Crippen LogP contribution in [-0.2, 0) is 11.3 Å². The number of morpholine rings is 1. The van der Waals surface area contributed by atoms with E-state index in [2.05, 4.69) is 26.4 Å². The van der Waals surface area contributed by atoms with Crippen molar-refractivity contribution in [2.75, 3.05) is 31.6 Å². The monoisotopic (exact) mass is 377 g/mol. The van der Waals surface area contributed by atoms with Crippen LogP contribution in [0.4, 0.5) is 5.69 Å². The highest BCUT2D eigenvalue weighted by molar-refractivity contribution is 6.05. The van der Waals surface area contributed by atoms with Gasteiger partial charge in [-0.2, -0.15) is 5.10 Å². The van der Waals surface area contributed by atoms with Crippen molar-refractivity contribution in [1.82, 2.24) is 19.7 Å². The van der Waals surface area contributed by atoms with Crippen molar-refractivity contribution in [2.24, 2.45) is 0 Å². The van der Waals surface area contributed by atoms with Crippen molar-refractivity contribution in [1.29, 1.82) is 0 Å². The second kappa shape index (κ2) is 8.33. The average Bonchev–Trinajstić information content (AvgIpc) is 3.12. The van der Waals surface area contributed by atoms with Crippen LogP contribution >= 0.6 is 0 Å². The maximum atomic E-state index is 12.9. The summed E-state index contributed by atoms with van der Waals surface area (Å²) in [6, 6.07) is 13.5. The molecule has 0 spiro atoms. The maximum Gasteiger partial charge on any atom is 0.259 e. The molecule has 1 aliphatic heterocycles. The van der Waals surface area contributed by atoms with Gasteiger partial charge in [0.2, 0.25) is 0 Å². The second-order valence-electron chi connectivity index (χ2n) is 6.74. The molecule has 1 fully saturated rings. The van der Waals surface area contributed by atoms with Gasteiger partial charge in [-0.1, -0.05) is 24.3 Å². The summed E-state index contributed by atoms with van der Waals surface area (Å²) < 4.78 is 7.09. The Bertz CT molecular complexity index is 948. The number of benzene rings is 1. The Labute approximate surface area is 164 Å². The summed E-state index contributed by atoms with van der Waals surface area (Å²) in [4.78, 5) is 19.5. The normalized spacial score (nSPS) is 14.8. The SMILES string of the molecule is Cc1c(C(=O)Nc2ccccc2CN2CCOCC2)cnn1-c1ccccn1. The van der Waals surface area contributed by atoms with Gasteiger partial charge in [-0.15, -0.1) is 0 Å². The number of nitrogens with one attached hydrogen (secondary N) is 1. The first kappa shape index (κ1) is 18.3. The molecule has 1 aromatic carbocycles. The lowest BCUT2D eigenvalue weighted by molar-refractivity contribution is 0.0342. The number of carbonyl (C=O) groups is 1. The summed E-state index contributed by atoms with van der Waals surface area (Å²) in [6.07, 6.45) is 3.29. The Balaban J connectivity index is 1.52. The Morgan fingerprint density at radius 1 is 1.14 bits per heavy atom. The molecule has 0 bridgehead atoms. The highest BCUT2D eigenvalue weighted by atomic mass is 16.5. The van der Waals surface area contributed by atoms with E-state index in [1.54, 1.807) is 17.1 Å². The lowest BCUT2D eigenvalue weighted by Crippen LogP contribution is -2.35. The van der Waals surface area contributed by atoms with Gasteiger partial charge in [0.1, 0.15) is 0 Å². The summed E-state index contributed by atoms with van der Waals surface area (Å²) in [5.74, 6) is 0.515. The molecule has 3 aromatic rings. The van der Waals surface area contributed by atoms with Crippen molar-refractivity contribution in [3.05, 3.63) is 71.7 Å². The number of carbonyl (C=O) groups excluding carboxylic acids is 1. The minimum absolute atomic E-state index is 0.172. The summed E-state index contributed by atoms with van der Waals surface area (Å²) >= 11 is 0. The molecule has 1 N–H and O–H groups in total. The number of aromatic nitrogens is 3. The molecule has 1 amide bonds. The standard InChI is InChI=1S/C21H23N5O2/c1-16-18(14-23-26(16)20-8-4-5-9-22-20)21(27)24-19-7-3-2-6-17(19)15-25-10-12-28-13-11-25/h2-9,14H,10-13,15H2,1H3,(H,24,27). The van der Waals surface area contributed by atoms with Crippen molar-refractivity contribution >= 4 is 11.6 Å². The van der Waals surface area contributed by atoms with Gasteiger partial charge in [-0.25, -0.2) is 9.67 Å². The van der Waals surface area contributed by atoms with Crippen molar-refractivity contribution < 1.29 is 9.53 Å². The van der Waals surface area contributed by atoms with Crippen molar-refractivity contribution in [3.63, 3.8) is 0 Å². The first-order valence-electron chi connectivity index (χ1n) is 9.38. The molecule has 0 radical (unpaired) electrons. The minimum Gasteiger partial charge on any atom is -0.379 e. The fourth-order valence-electron chi connectivity index (χ4n) is 3.31. The molecular weight excluding hydrogens is 354 g/mol. The zero-order valence-electron chi connectivity index (χ0n) is 15.8. The second-order valence-corrected chi connectivity index (χ2v) is 6.74. The number of hydrogen-bond acceptors (Lipinski definition) is 5. The Morgan fingerprint density at radius 2 is 1.93 bits per heavy atom. The highest BCUT2D eigenvalue weighted by Gasteiger charge is 2.18. The topological polar surface area (TPSA) is 72.3 Å². The van der Waals surface area contributed by atoms with E-state index < -0.39 is 0 Å². The van der Waals surface area contributed by atoms with E-state index in [4.69, 9.17) is 4.74 Å². The van der Waals surface area contributed by atoms with E-state index >= 15 is 0 Å². The zero-order valence-corrected chi connectivity index (χ0v) is 15.8. The molecular formula is C21H23N5O2. The molecule has 1 saturated heterocycles. The van der Waals surface area contributed by atoms with Gasteiger partial charge in [0.05, 0.1) is 30.7 Å². The number of anilines is 1. The van der Waals surface area contributed by atoms with Gasteiger partial charge in [0.25, 0.3) is 5.91 Å². The summed E-state index contributed by atoms with van der Waals surface area (Å²) in [7, 11) is 0.